The summed E-state index contributed by atoms with van der Waals surface area (Å²) in [5, 5.41) is 6.84. The summed E-state index contributed by atoms with van der Waals surface area (Å²) >= 11 is 5.27. The van der Waals surface area contributed by atoms with Gasteiger partial charge >= 0.3 is 0 Å². The van der Waals surface area contributed by atoms with E-state index in [1.54, 1.807) is 18.4 Å². The Labute approximate surface area is 135 Å². The Morgan fingerprint density at radius 1 is 1.23 bits per heavy atom. The average molecular weight is 321 g/mol. The van der Waals surface area contributed by atoms with E-state index in [2.05, 4.69) is 15.5 Å². The zero-order chi connectivity index (χ0) is 15.9. The molecule has 6 heteroatoms. The number of nitrogens with one attached hydrogen (secondary N) is 2. The second kappa shape index (κ2) is 7.91. The number of halogens is 1. The number of thiocarbonyl (C=S) groups is 1. The molecule has 22 heavy (non-hydrogen) atoms. The van der Waals surface area contributed by atoms with Gasteiger partial charge in [-0.15, -0.1) is 0 Å². The summed E-state index contributed by atoms with van der Waals surface area (Å²) in [5.74, 6) is 0.649. The van der Waals surface area contributed by atoms with Crippen LogP contribution in [0.25, 0.3) is 0 Å². The molecule has 0 unspecified atom stereocenters. The standard InChI is InChI=1S/C16H20FN3OS/c1-20(2)14(15-4-3-9-21-15)11-19-16(22)18-10-12-5-7-13(17)8-6-12/h3-9,14H,10-11H2,1-2H3,(H2,18,19,22)/t14-/m0/s1. The molecular weight excluding hydrogens is 301 g/mol. The van der Waals surface area contributed by atoms with Crippen molar-refractivity contribution in [3.05, 3.63) is 59.8 Å². The SMILES string of the molecule is CN(C)[C@@H](CNC(=S)NCc1ccc(F)cc1)c1ccco1. The molecule has 0 saturated heterocycles. The number of benzene rings is 1. The smallest absolute Gasteiger partial charge is 0.166 e. The van der Waals surface area contributed by atoms with Gasteiger partial charge in [-0.2, -0.15) is 0 Å². The molecule has 0 aliphatic rings. The third-order valence-corrected chi connectivity index (χ3v) is 3.61. The van der Waals surface area contributed by atoms with E-state index in [-0.39, 0.29) is 11.9 Å². The van der Waals surface area contributed by atoms with Gasteiger partial charge in [0, 0.05) is 13.1 Å². The van der Waals surface area contributed by atoms with E-state index in [1.807, 2.05) is 26.2 Å². The first-order chi connectivity index (χ1) is 10.6. The molecule has 0 amide bonds. The summed E-state index contributed by atoms with van der Waals surface area (Å²) < 4.78 is 18.3. The van der Waals surface area contributed by atoms with Gasteiger partial charge in [0.2, 0.25) is 0 Å². The van der Waals surface area contributed by atoms with Crippen LogP contribution >= 0.6 is 12.2 Å². The Hall–Kier alpha value is -1.92. The number of furan rings is 1. The molecule has 1 atom stereocenters. The van der Waals surface area contributed by atoms with E-state index >= 15 is 0 Å². The maximum atomic E-state index is 12.8. The maximum Gasteiger partial charge on any atom is 0.166 e. The summed E-state index contributed by atoms with van der Waals surface area (Å²) in [6, 6.07) is 10.3. The lowest BCUT2D eigenvalue weighted by molar-refractivity contribution is 0.258. The van der Waals surface area contributed by atoms with Crippen molar-refractivity contribution in [3.63, 3.8) is 0 Å². The van der Waals surface area contributed by atoms with Crippen LogP contribution in [-0.4, -0.2) is 30.7 Å². The Bertz CT molecular complexity index is 584. The van der Waals surface area contributed by atoms with Gasteiger partial charge in [0.25, 0.3) is 0 Å². The molecule has 2 N–H and O–H groups in total. The lowest BCUT2D eigenvalue weighted by Gasteiger charge is -2.23. The van der Waals surface area contributed by atoms with Gasteiger partial charge in [0.15, 0.2) is 5.11 Å². The van der Waals surface area contributed by atoms with E-state index in [0.717, 1.165) is 11.3 Å². The van der Waals surface area contributed by atoms with E-state index in [4.69, 9.17) is 16.6 Å². The van der Waals surface area contributed by atoms with Gasteiger partial charge in [-0.25, -0.2) is 4.39 Å². The molecule has 1 heterocycles. The Morgan fingerprint density at radius 3 is 2.55 bits per heavy atom. The minimum atomic E-state index is -0.239. The minimum absolute atomic E-state index is 0.0978. The molecule has 1 aromatic carbocycles. The zero-order valence-electron chi connectivity index (χ0n) is 12.7. The molecule has 0 fully saturated rings. The molecular formula is C16H20FN3OS. The predicted molar refractivity (Wildman–Crippen MR) is 89.0 cm³/mol. The van der Waals surface area contributed by atoms with Crippen LogP contribution < -0.4 is 10.6 Å². The van der Waals surface area contributed by atoms with Crippen LogP contribution in [0, 0.1) is 5.82 Å². The normalized spacial score (nSPS) is 12.2. The van der Waals surface area contributed by atoms with Crippen LogP contribution in [0.3, 0.4) is 0 Å². The van der Waals surface area contributed by atoms with Crippen molar-refractivity contribution in [1.29, 1.82) is 0 Å². The number of hydrogen-bond acceptors (Lipinski definition) is 3. The molecule has 0 saturated carbocycles. The molecule has 0 radical (unpaired) electrons. The quantitative estimate of drug-likeness (QED) is 0.801. The van der Waals surface area contributed by atoms with Crippen LogP contribution in [0.2, 0.25) is 0 Å². The summed E-state index contributed by atoms with van der Waals surface area (Å²) in [6.45, 7) is 1.19. The topological polar surface area (TPSA) is 40.4 Å². The highest BCUT2D eigenvalue weighted by Crippen LogP contribution is 2.17. The van der Waals surface area contributed by atoms with Crippen LogP contribution in [0.1, 0.15) is 17.4 Å². The van der Waals surface area contributed by atoms with E-state index in [9.17, 15) is 4.39 Å². The first-order valence-corrected chi connectivity index (χ1v) is 7.43. The fourth-order valence-corrected chi connectivity index (χ4v) is 2.21. The number of rotatable bonds is 6. The van der Waals surface area contributed by atoms with E-state index in [0.29, 0.717) is 18.2 Å². The Kier molecular flexibility index (Phi) is 5.91. The summed E-state index contributed by atoms with van der Waals surface area (Å²) in [6.07, 6.45) is 1.66. The Balaban J connectivity index is 1.80. The fraction of sp³-hybridized carbons (Fsp3) is 0.312. The lowest BCUT2D eigenvalue weighted by Crippen LogP contribution is -2.39. The van der Waals surface area contributed by atoms with Crippen molar-refractivity contribution in [2.75, 3.05) is 20.6 Å². The monoisotopic (exact) mass is 321 g/mol. The second-order valence-electron chi connectivity index (χ2n) is 5.18. The van der Waals surface area contributed by atoms with Crippen LogP contribution in [0.5, 0.6) is 0 Å². The van der Waals surface area contributed by atoms with Crippen molar-refractivity contribution in [2.24, 2.45) is 0 Å². The third-order valence-electron chi connectivity index (χ3n) is 3.32. The highest BCUT2D eigenvalue weighted by atomic mass is 32.1. The van der Waals surface area contributed by atoms with Crippen molar-refractivity contribution in [1.82, 2.24) is 15.5 Å². The molecule has 0 aliphatic carbocycles. The predicted octanol–water partition coefficient (Wildman–Crippen LogP) is 2.69. The van der Waals surface area contributed by atoms with Crippen LogP contribution in [-0.2, 0) is 6.54 Å². The highest BCUT2D eigenvalue weighted by Gasteiger charge is 2.16. The largest absolute Gasteiger partial charge is 0.468 e. The molecule has 0 aliphatic heterocycles. The van der Waals surface area contributed by atoms with Crippen molar-refractivity contribution in [3.8, 4) is 0 Å². The van der Waals surface area contributed by atoms with Crippen molar-refractivity contribution in [2.45, 2.75) is 12.6 Å². The fourth-order valence-electron chi connectivity index (χ4n) is 2.05. The first-order valence-electron chi connectivity index (χ1n) is 7.02. The first kappa shape index (κ1) is 16.5. The summed E-state index contributed by atoms with van der Waals surface area (Å²) in [7, 11) is 3.98. The zero-order valence-corrected chi connectivity index (χ0v) is 13.5. The summed E-state index contributed by atoms with van der Waals surface area (Å²) in [4.78, 5) is 2.06. The van der Waals surface area contributed by atoms with Gasteiger partial charge < -0.3 is 15.1 Å². The molecule has 0 bridgehead atoms. The molecule has 0 spiro atoms. The third kappa shape index (κ3) is 4.82. The van der Waals surface area contributed by atoms with Gasteiger partial charge in [0.05, 0.1) is 12.3 Å². The van der Waals surface area contributed by atoms with Crippen LogP contribution in [0.15, 0.2) is 47.1 Å². The molecule has 1 aromatic heterocycles. The lowest BCUT2D eigenvalue weighted by atomic mass is 10.2. The van der Waals surface area contributed by atoms with Crippen molar-refractivity contribution < 1.29 is 8.81 Å². The van der Waals surface area contributed by atoms with Crippen LogP contribution in [0.4, 0.5) is 4.39 Å². The Morgan fingerprint density at radius 2 is 1.95 bits per heavy atom. The molecule has 118 valence electrons. The molecule has 2 aromatic rings. The van der Waals surface area contributed by atoms with E-state index < -0.39 is 0 Å². The molecule has 2 rings (SSSR count). The van der Waals surface area contributed by atoms with Gasteiger partial charge in [-0.3, -0.25) is 4.90 Å². The average Bonchev–Trinajstić information content (AvgIpc) is 3.00. The maximum absolute atomic E-state index is 12.8. The summed E-state index contributed by atoms with van der Waals surface area (Å²) in [5.41, 5.74) is 0.973. The minimum Gasteiger partial charge on any atom is -0.468 e. The molecule has 4 nitrogen and oxygen atoms in total. The van der Waals surface area contributed by atoms with Crippen molar-refractivity contribution >= 4 is 17.3 Å². The van der Waals surface area contributed by atoms with E-state index in [1.165, 1.54) is 12.1 Å². The number of hydrogen-bond donors (Lipinski definition) is 2. The van der Waals surface area contributed by atoms with Gasteiger partial charge in [-0.1, -0.05) is 12.1 Å². The number of nitrogens with zero attached hydrogens (tertiary/aromatic N) is 1. The second-order valence-corrected chi connectivity index (χ2v) is 5.59. The van der Waals surface area contributed by atoms with Gasteiger partial charge in [-0.05, 0) is 56.1 Å². The van der Waals surface area contributed by atoms with Gasteiger partial charge in [0.1, 0.15) is 11.6 Å². The highest BCUT2D eigenvalue weighted by molar-refractivity contribution is 7.80. The number of likely N-dealkylation sites (N-methyl/N-ethyl adjacent to an activating group) is 1.